The van der Waals surface area contributed by atoms with Gasteiger partial charge in [0.25, 0.3) is 0 Å². The molecule has 2 rings (SSSR count). The molecule has 0 saturated carbocycles. The maximum absolute atomic E-state index is 11.9. The van der Waals surface area contributed by atoms with Gasteiger partial charge in [0.05, 0.1) is 30.0 Å². The zero-order chi connectivity index (χ0) is 18.4. The van der Waals surface area contributed by atoms with E-state index in [2.05, 4.69) is 4.98 Å². The van der Waals surface area contributed by atoms with Crippen molar-refractivity contribution in [3.63, 3.8) is 0 Å². The third kappa shape index (κ3) is 4.96. The van der Waals surface area contributed by atoms with Gasteiger partial charge in [-0.15, -0.1) is 0 Å². The molecule has 0 unspecified atom stereocenters. The number of hydrogen-bond acceptors (Lipinski definition) is 7. The van der Waals surface area contributed by atoms with Gasteiger partial charge < -0.3 is 19.4 Å². The highest BCUT2D eigenvalue weighted by Crippen LogP contribution is 2.28. The zero-order valence-corrected chi connectivity index (χ0v) is 14.7. The molecular formula is C16H18N2O6S. The molecule has 0 bridgehead atoms. The van der Waals surface area contributed by atoms with Gasteiger partial charge in [-0.2, -0.15) is 0 Å². The summed E-state index contributed by atoms with van der Waals surface area (Å²) in [4.78, 5) is 50.6. The Balaban J connectivity index is 1.90. The van der Waals surface area contributed by atoms with Crippen LogP contribution >= 0.6 is 11.8 Å². The van der Waals surface area contributed by atoms with Crippen LogP contribution in [0.3, 0.4) is 0 Å². The van der Waals surface area contributed by atoms with E-state index >= 15 is 0 Å². The smallest absolute Gasteiger partial charge is 0.354 e. The molecule has 1 amide bonds. The van der Waals surface area contributed by atoms with Gasteiger partial charge >= 0.3 is 11.9 Å². The minimum Gasteiger partial charge on any atom is -0.463 e. The molecule has 0 aliphatic carbocycles. The number of hydrogen-bond donors (Lipinski definition) is 1. The molecule has 0 spiro atoms. The summed E-state index contributed by atoms with van der Waals surface area (Å²) in [5.41, 5.74) is 0.548. The predicted octanol–water partition coefficient (Wildman–Crippen LogP) is 1.35. The van der Waals surface area contributed by atoms with Crippen LogP contribution in [0.5, 0.6) is 0 Å². The molecule has 0 atom stereocenters. The van der Waals surface area contributed by atoms with Crippen LogP contribution in [0.1, 0.15) is 34.7 Å². The van der Waals surface area contributed by atoms with Gasteiger partial charge in [0.15, 0.2) is 5.78 Å². The maximum atomic E-state index is 11.9. The topological polar surface area (TPSA) is 106 Å². The fourth-order valence-corrected chi connectivity index (χ4v) is 3.03. The number of aromatic nitrogens is 1. The summed E-state index contributed by atoms with van der Waals surface area (Å²) in [7, 11) is 0. The van der Waals surface area contributed by atoms with Crippen LogP contribution in [-0.2, 0) is 19.1 Å². The van der Waals surface area contributed by atoms with E-state index < -0.39 is 11.9 Å². The molecule has 25 heavy (non-hydrogen) atoms. The second-order valence-electron chi connectivity index (χ2n) is 5.06. The standard InChI is InChI=1S/C16H18N2O6S/c1-3-23-15(21)7-14-18(13(20)9-25-14)4-5-24-16(22)12-6-11(8-17-12)10(2)19/h6-8,17H,3-5,9H2,1-2H3/b14-7-. The molecule has 1 aliphatic heterocycles. The van der Waals surface area contributed by atoms with Crippen molar-refractivity contribution < 1.29 is 28.7 Å². The highest BCUT2D eigenvalue weighted by Gasteiger charge is 2.27. The summed E-state index contributed by atoms with van der Waals surface area (Å²) in [5.74, 6) is -1.26. The number of ketones is 1. The summed E-state index contributed by atoms with van der Waals surface area (Å²) >= 11 is 1.23. The number of carbonyl (C=O) groups is 4. The first kappa shape index (κ1) is 18.8. The molecule has 1 aliphatic rings. The van der Waals surface area contributed by atoms with Gasteiger partial charge in [0, 0.05) is 11.8 Å². The minimum absolute atomic E-state index is 0.0419. The third-order valence-electron chi connectivity index (χ3n) is 3.30. The van der Waals surface area contributed by atoms with Crippen molar-refractivity contribution in [2.24, 2.45) is 0 Å². The monoisotopic (exact) mass is 366 g/mol. The fourth-order valence-electron chi connectivity index (χ4n) is 2.08. The van der Waals surface area contributed by atoms with Crippen molar-refractivity contribution in [1.82, 2.24) is 9.88 Å². The van der Waals surface area contributed by atoms with Crippen LogP contribution in [-0.4, -0.2) is 59.0 Å². The quantitative estimate of drug-likeness (QED) is 0.441. The number of amides is 1. The molecule has 0 radical (unpaired) electrons. The van der Waals surface area contributed by atoms with Crippen molar-refractivity contribution in [3.8, 4) is 0 Å². The Morgan fingerprint density at radius 3 is 2.76 bits per heavy atom. The molecule has 8 nitrogen and oxygen atoms in total. The number of Topliss-reactive ketones (excluding diaryl/α,β-unsaturated/α-hetero) is 1. The molecule has 1 fully saturated rings. The Bertz CT molecular complexity index is 724. The van der Waals surface area contributed by atoms with Crippen LogP contribution in [0.15, 0.2) is 23.4 Å². The van der Waals surface area contributed by atoms with Gasteiger partial charge in [-0.3, -0.25) is 9.59 Å². The number of ether oxygens (including phenoxy) is 2. The van der Waals surface area contributed by atoms with Gasteiger partial charge in [-0.05, 0) is 19.9 Å². The van der Waals surface area contributed by atoms with E-state index in [9.17, 15) is 19.2 Å². The van der Waals surface area contributed by atoms with Crippen LogP contribution in [0.25, 0.3) is 0 Å². The number of rotatable bonds is 7. The Morgan fingerprint density at radius 2 is 2.12 bits per heavy atom. The normalized spacial score (nSPS) is 15.5. The lowest BCUT2D eigenvalue weighted by Gasteiger charge is -2.16. The summed E-state index contributed by atoms with van der Waals surface area (Å²) in [6.45, 7) is 3.42. The van der Waals surface area contributed by atoms with Crippen LogP contribution < -0.4 is 0 Å². The number of thioether (sulfide) groups is 1. The Morgan fingerprint density at radius 1 is 1.36 bits per heavy atom. The van der Waals surface area contributed by atoms with Gasteiger partial charge in [0.2, 0.25) is 5.91 Å². The average Bonchev–Trinajstić information content (AvgIpc) is 3.17. The van der Waals surface area contributed by atoms with E-state index in [0.29, 0.717) is 10.6 Å². The lowest BCUT2D eigenvalue weighted by Crippen LogP contribution is -2.29. The number of H-pyrrole nitrogens is 1. The Labute approximate surface area is 148 Å². The molecule has 1 saturated heterocycles. The summed E-state index contributed by atoms with van der Waals surface area (Å²) in [5, 5.41) is 0.471. The van der Waals surface area contributed by atoms with E-state index in [1.807, 2.05) is 0 Å². The molecule has 0 aromatic carbocycles. The van der Waals surface area contributed by atoms with Gasteiger partial charge in [0.1, 0.15) is 12.3 Å². The third-order valence-corrected chi connectivity index (χ3v) is 4.32. The molecular weight excluding hydrogens is 348 g/mol. The number of nitrogens with zero attached hydrogens (tertiary/aromatic N) is 1. The van der Waals surface area contributed by atoms with E-state index in [4.69, 9.17) is 9.47 Å². The average molecular weight is 366 g/mol. The van der Waals surface area contributed by atoms with Crippen LogP contribution in [0, 0.1) is 0 Å². The van der Waals surface area contributed by atoms with E-state index in [0.717, 1.165) is 0 Å². The van der Waals surface area contributed by atoms with Gasteiger partial charge in [-0.25, -0.2) is 9.59 Å². The molecule has 2 heterocycles. The first-order chi connectivity index (χ1) is 11.9. The minimum atomic E-state index is -0.622. The van der Waals surface area contributed by atoms with E-state index in [-0.39, 0.29) is 42.9 Å². The van der Waals surface area contributed by atoms with Crippen LogP contribution in [0.2, 0.25) is 0 Å². The summed E-state index contributed by atoms with van der Waals surface area (Å²) < 4.78 is 9.93. The number of nitrogens with one attached hydrogen (secondary N) is 1. The Hall–Kier alpha value is -2.55. The van der Waals surface area contributed by atoms with Crippen molar-refractivity contribution in [1.29, 1.82) is 0 Å². The lowest BCUT2D eigenvalue weighted by molar-refractivity contribution is -0.137. The number of aromatic amines is 1. The van der Waals surface area contributed by atoms with E-state index in [1.165, 1.54) is 41.9 Å². The number of esters is 2. The maximum Gasteiger partial charge on any atom is 0.354 e. The van der Waals surface area contributed by atoms with Crippen molar-refractivity contribution in [2.75, 3.05) is 25.5 Å². The fraction of sp³-hybridized carbons (Fsp3) is 0.375. The van der Waals surface area contributed by atoms with Crippen LogP contribution in [0.4, 0.5) is 0 Å². The largest absolute Gasteiger partial charge is 0.463 e. The van der Waals surface area contributed by atoms with E-state index in [1.54, 1.807) is 6.92 Å². The molecule has 1 N–H and O–H groups in total. The van der Waals surface area contributed by atoms with Crippen molar-refractivity contribution in [3.05, 3.63) is 34.6 Å². The highest BCUT2D eigenvalue weighted by atomic mass is 32.2. The van der Waals surface area contributed by atoms with Crippen molar-refractivity contribution >= 4 is 35.4 Å². The SMILES string of the molecule is CCOC(=O)/C=C1\SCC(=O)N1CCOC(=O)c1cc(C(C)=O)c[nH]1. The second kappa shape index (κ2) is 8.52. The molecule has 1 aromatic heterocycles. The first-order valence-corrected chi connectivity index (χ1v) is 8.59. The predicted molar refractivity (Wildman–Crippen MR) is 90.0 cm³/mol. The number of carbonyl (C=O) groups excluding carboxylic acids is 4. The lowest BCUT2D eigenvalue weighted by atomic mass is 10.2. The van der Waals surface area contributed by atoms with Crippen molar-refractivity contribution in [2.45, 2.75) is 13.8 Å². The summed E-state index contributed by atoms with van der Waals surface area (Å²) in [6.07, 6.45) is 2.69. The summed E-state index contributed by atoms with van der Waals surface area (Å²) in [6, 6.07) is 1.41. The second-order valence-corrected chi connectivity index (χ2v) is 6.06. The Kier molecular flexibility index (Phi) is 6.40. The highest BCUT2D eigenvalue weighted by molar-refractivity contribution is 8.04. The molecule has 1 aromatic rings. The molecule has 9 heteroatoms. The molecule has 134 valence electrons. The van der Waals surface area contributed by atoms with Gasteiger partial charge in [-0.1, -0.05) is 11.8 Å². The zero-order valence-electron chi connectivity index (χ0n) is 13.9. The first-order valence-electron chi connectivity index (χ1n) is 7.60.